The van der Waals surface area contributed by atoms with E-state index in [1.54, 1.807) is 10.7 Å². The van der Waals surface area contributed by atoms with Gasteiger partial charge in [0.05, 0.1) is 42.8 Å². The molecule has 1 fully saturated rings. The molecule has 160 valence electrons. The fraction of sp³-hybridized carbons (Fsp3) is 0.409. The Hall–Kier alpha value is -3.36. The number of anilines is 1. The molecule has 5 heterocycles. The molecule has 8 nitrogen and oxygen atoms in total. The molecule has 3 aromatic heterocycles. The molecule has 6 rings (SSSR count). The van der Waals surface area contributed by atoms with Gasteiger partial charge < -0.3 is 19.7 Å². The van der Waals surface area contributed by atoms with Crippen LogP contribution in [0.15, 0.2) is 31.2 Å². The molecule has 0 aromatic carbocycles. The Morgan fingerprint density at radius 2 is 2.19 bits per heavy atom. The standard InChI is InChI=1S/C22H23FN6O2/c1-12-11-30-22-14(6-15(23)7-24-22)9-28-17-4-3-5-18(17)31-19-10-29-20(27-21(19)28)16(8-25-29)13(2)26-12/h6-8,10,12,17-18,26H,2-5,9,11H2,1H3/t12-,17-,18+/m1/s1. The number of rotatable bonds is 0. The summed E-state index contributed by atoms with van der Waals surface area (Å²) in [5, 5.41) is 7.81. The molecule has 2 aliphatic heterocycles. The lowest BCUT2D eigenvalue weighted by molar-refractivity contribution is 0.168. The van der Waals surface area contributed by atoms with Crippen molar-refractivity contribution in [2.75, 3.05) is 11.5 Å². The Balaban J connectivity index is 1.56. The first-order valence-electron chi connectivity index (χ1n) is 10.6. The fourth-order valence-electron chi connectivity index (χ4n) is 4.82. The van der Waals surface area contributed by atoms with Gasteiger partial charge in [0.25, 0.3) is 0 Å². The second-order valence-electron chi connectivity index (χ2n) is 8.49. The summed E-state index contributed by atoms with van der Waals surface area (Å²) in [5.41, 5.74) is 2.93. The highest BCUT2D eigenvalue weighted by atomic mass is 19.1. The Kier molecular flexibility index (Phi) is 4.06. The largest absolute Gasteiger partial charge is 0.483 e. The summed E-state index contributed by atoms with van der Waals surface area (Å²) in [7, 11) is 0. The maximum Gasteiger partial charge on any atom is 0.218 e. The predicted octanol–water partition coefficient (Wildman–Crippen LogP) is 2.92. The number of hydrogen-bond donors (Lipinski definition) is 1. The van der Waals surface area contributed by atoms with Crippen molar-refractivity contribution in [3.05, 3.63) is 48.2 Å². The lowest BCUT2D eigenvalue weighted by Crippen LogP contribution is -2.47. The SMILES string of the molecule is C=C1N[C@H](C)COc2ncc(F)cc2CN2c3nc4c1cnn4cc3O[C@H]1CCC[C@H]12. The number of hydrogen-bond acceptors (Lipinski definition) is 7. The van der Waals surface area contributed by atoms with Gasteiger partial charge >= 0.3 is 0 Å². The van der Waals surface area contributed by atoms with Crippen molar-refractivity contribution in [2.24, 2.45) is 0 Å². The number of aromatic nitrogens is 4. The van der Waals surface area contributed by atoms with Crippen molar-refractivity contribution in [3.63, 3.8) is 0 Å². The summed E-state index contributed by atoms with van der Waals surface area (Å²) in [6, 6.07) is 1.62. The van der Waals surface area contributed by atoms with Gasteiger partial charge in [0, 0.05) is 11.3 Å². The van der Waals surface area contributed by atoms with Gasteiger partial charge in [-0.15, -0.1) is 0 Å². The highest BCUT2D eigenvalue weighted by Crippen LogP contribution is 2.42. The van der Waals surface area contributed by atoms with Crippen molar-refractivity contribution < 1.29 is 13.9 Å². The van der Waals surface area contributed by atoms with E-state index in [9.17, 15) is 4.39 Å². The van der Waals surface area contributed by atoms with Crippen LogP contribution in [0.3, 0.4) is 0 Å². The summed E-state index contributed by atoms with van der Waals surface area (Å²) in [6.07, 6.45) is 7.94. The summed E-state index contributed by atoms with van der Waals surface area (Å²) < 4.78 is 28.2. The van der Waals surface area contributed by atoms with Gasteiger partial charge in [-0.05, 0) is 32.3 Å². The lowest BCUT2D eigenvalue weighted by atomic mass is 10.1. The van der Waals surface area contributed by atoms with Crippen LogP contribution in [0.2, 0.25) is 0 Å². The quantitative estimate of drug-likeness (QED) is 0.597. The van der Waals surface area contributed by atoms with E-state index >= 15 is 0 Å². The predicted molar refractivity (Wildman–Crippen MR) is 113 cm³/mol. The number of ether oxygens (including phenoxy) is 2. The third kappa shape index (κ3) is 2.98. The minimum atomic E-state index is -0.385. The van der Waals surface area contributed by atoms with Crippen molar-refractivity contribution >= 4 is 17.2 Å². The van der Waals surface area contributed by atoms with Gasteiger partial charge in [0.2, 0.25) is 5.88 Å². The molecule has 0 unspecified atom stereocenters. The molecule has 1 N–H and O–H groups in total. The van der Waals surface area contributed by atoms with Crippen molar-refractivity contribution in [2.45, 2.75) is 50.9 Å². The van der Waals surface area contributed by atoms with Gasteiger partial charge in [0.1, 0.15) is 18.5 Å². The number of fused-ring (bicyclic) bond motifs is 3. The maximum atomic E-state index is 14.1. The van der Waals surface area contributed by atoms with Crippen LogP contribution in [0.5, 0.6) is 11.6 Å². The molecule has 0 radical (unpaired) electrons. The molecule has 1 saturated carbocycles. The zero-order valence-corrected chi connectivity index (χ0v) is 17.2. The van der Waals surface area contributed by atoms with E-state index in [1.165, 1.54) is 12.3 Å². The van der Waals surface area contributed by atoms with Crippen LogP contribution < -0.4 is 19.7 Å². The average Bonchev–Trinajstić information content (AvgIpc) is 3.37. The van der Waals surface area contributed by atoms with E-state index < -0.39 is 0 Å². The molecular formula is C22H23FN6O2. The zero-order chi connectivity index (χ0) is 21.1. The minimum absolute atomic E-state index is 0.0454. The highest BCUT2D eigenvalue weighted by Gasteiger charge is 2.41. The Labute approximate surface area is 178 Å². The number of nitrogens with one attached hydrogen (secondary N) is 1. The molecule has 3 aliphatic rings. The molecule has 0 spiro atoms. The van der Waals surface area contributed by atoms with Crippen molar-refractivity contribution in [1.29, 1.82) is 0 Å². The van der Waals surface area contributed by atoms with Gasteiger partial charge in [-0.3, -0.25) is 0 Å². The van der Waals surface area contributed by atoms with Crippen LogP contribution in [0.4, 0.5) is 10.2 Å². The van der Waals surface area contributed by atoms with E-state index in [1.807, 2.05) is 13.1 Å². The molecule has 0 amide bonds. The Morgan fingerprint density at radius 1 is 1.29 bits per heavy atom. The van der Waals surface area contributed by atoms with Gasteiger partial charge in [-0.2, -0.15) is 5.10 Å². The molecule has 9 heteroatoms. The maximum absolute atomic E-state index is 14.1. The number of pyridine rings is 1. The first kappa shape index (κ1) is 18.4. The lowest BCUT2D eigenvalue weighted by Gasteiger charge is -2.39. The summed E-state index contributed by atoms with van der Waals surface area (Å²) in [4.78, 5) is 11.4. The van der Waals surface area contributed by atoms with Crippen LogP contribution in [0.1, 0.15) is 37.3 Å². The van der Waals surface area contributed by atoms with Crippen molar-refractivity contribution in [1.82, 2.24) is 24.9 Å². The molecule has 2 bridgehead atoms. The molecule has 3 atom stereocenters. The summed E-state index contributed by atoms with van der Waals surface area (Å²) >= 11 is 0. The van der Waals surface area contributed by atoms with Crippen LogP contribution in [0, 0.1) is 5.82 Å². The molecule has 0 saturated heterocycles. The topological polar surface area (TPSA) is 76.8 Å². The normalized spacial score (nSPS) is 24.9. The second kappa shape index (κ2) is 6.83. The van der Waals surface area contributed by atoms with Crippen LogP contribution in [-0.2, 0) is 6.54 Å². The van der Waals surface area contributed by atoms with E-state index in [-0.39, 0.29) is 24.0 Å². The molecule has 1 aliphatic carbocycles. The Morgan fingerprint density at radius 3 is 3.10 bits per heavy atom. The van der Waals surface area contributed by atoms with Crippen LogP contribution in [0.25, 0.3) is 11.3 Å². The highest BCUT2D eigenvalue weighted by molar-refractivity contribution is 5.75. The first-order chi connectivity index (χ1) is 15.1. The third-order valence-electron chi connectivity index (χ3n) is 6.26. The third-order valence-corrected chi connectivity index (χ3v) is 6.26. The number of nitrogens with zero attached hydrogens (tertiary/aromatic N) is 5. The molecule has 31 heavy (non-hydrogen) atoms. The van der Waals surface area contributed by atoms with E-state index in [0.717, 1.165) is 30.6 Å². The van der Waals surface area contributed by atoms with Crippen molar-refractivity contribution in [3.8, 4) is 11.6 Å². The molecular weight excluding hydrogens is 399 g/mol. The minimum Gasteiger partial charge on any atom is -0.483 e. The van der Waals surface area contributed by atoms with E-state index in [4.69, 9.17) is 14.5 Å². The fourth-order valence-corrected chi connectivity index (χ4v) is 4.82. The monoisotopic (exact) mass is 422 g/mol. The summed E-state index contributed by atoms with van der Waals surface area (Å²) in [6.45, 7) is 6.97. The van der Waals surface area contributed by atoms with Gasteiger partial charge in [-0.25, -0.2) is 18.9 Å². The van der Waals surface area contributed by atoms with E-state index in [2.05, 4.69) is 26.9 Å². The number of halogens is 1. The van der Waals surface area contributed by atoms with Crippen LogP contribution >= 0.6 is 0 Å². The van der Waals surface area contributed by atoms with E-state index in [0.29, 0.717) is 41.7 Å². The smallest absolute Gasteiger partial charge is 0.218 e. The van der Waals surface area contributed by atoms with Gasteiger partial charge in [-0.1, -0.05) is 6.58 Å². The summed E-state index contributed by atoms with van der Waals surface area (Å²) in [5.74, 6) is 1.46. The van der Waals surface area contributed by atoms with Gasteiger partial charge in [0.15, 0.2) is 17.2 Å². The Bertz CT molecular complexity index is 1190. The molecule has 3 aromatic rings. The first-order valence-corrected chi connectivity index (χ1v) is 10.6. The average molecular weight is 422 g/mol. The van der Waals surface area contributed by atoms with Crippen LogP contribution in [-0.4, -0.2) is 44.4 Å². The second-order valence-corrected chi connectivity index (χ2v) is 8.49. The zero-order valence-electron chi connectivity index (χ0n) is 17.2.